The Morgan fingerprint density at radius 1 is 2.00 bits per heavy atom. The second kappa shape index (κ2) is 3.46. The van der Waals surface area contributed by atoms with E-state index < -0.39 is 6.09 Å². The van der Waals surface area contributed by atoms with E-state index in [1.807, 2.05) is 0 Å². The third kappa shape index (κ3) is 5.27. The van der Waals surface area contributed by atoms with Crippen molar-refractivity contribution in [3.8, 4) is 0 Å². The molecule has 0 aliphatic carbocycles. The molecule has 0 spiro atoms. The van der Waals surface area contributed by atoms with E-state index in [-0.39, 0.29) is 6.61 Å². The Bertz CT molecular complexity index is 62.7. The summed E-state index contributed by atoms with van der Waals surface area (Å²) < 4.78 is 4.16. The first-order valence-corrected chi connectivity index (χ1v) is 1.93. The first-order valence-electron chi connectivity index (χ1n) is 1.93. The van der Waals surface area contributed by atoms with Crippen LogP contribution in [0.25, 0.3) is 0 Å². The van der Waals surface area contributed by atoms with Crippen LogP contribution >= 0.6 is 0 Å². The second-order valence-corrected chi connectivity index (χ2v) is 1.01. The quantitative estimate of drug-likeness (QED) is 0.512. The van der Waals surface area contributed by atoms with Crippen molar-refractivity contribution in [2.24, 2.45) is 0 Å². The van der Waals surface area contributed by atoms with Gasteiger partial charge in [0, 0.05) is 0 Å². The summed E-state index contributed by atoms with van der Waals surface area (Å²) in [7, 11) is 0. The van der Waals surface area contributed by atoms with E-state index in [2.05, 4.69) is 4.74 Å². The van der Waals surface area contributed by atoms with Gasteiger partial charge < -0.3 is 4.74 Å². The third-order valence-electron chi connectivity index (χ3n) is 0.381. The number of amides is 1. The molecular weight excluding hydrogens is 94.0 g/mol. The van der Waals surface area contributed by atoms with Crippen LogP contribution in [0.4, 0.5) is 4.79 Å². The molecule has 7 heavy (non-hydrogen) atoms. The Kier molecular flexibility index (Phi) is 3.10. The summed E-state index contributed by atoms with van der Waals surface area (Å²) in [4.78, 5) is 9.63. The van der Waals surface area contributed by atoms with Crippen LogP contribution in [0.5, 0.6) is 0 Å². The molecule has 0 heterocycles. The van der Waals surface area contributed by atoms with Crippen LogP contribution < -0.4 is 5.73 Å². The minimum atomic E-state index is -0.974. The lowest BCUT2D eigenvalue weighted by molar-refractivity contribution is 0.164. The number of rotatable bonds is 2. The molecule has 0 fully saturated rings. The van der Waals surface area contributed by atoms with Gasteiger partial charge in [-0.2, -0.15) is 0 Å². The molecule has 0 saturated carbocycles. The van der Waals surface area contributed by atoms with Crippen molar-refractivity contribution >= 4 is 6.09 Å². The van der Waals surface area contributed by atoms with Gasteiger partial charge >= 0.3 is 6.09 Å². The standard InChI is InChI=1S/C4H7NO2/c1-2-3-7-4(5)6/h2,5H,3H2,1H3. The van der Waals surface area contributed by atoms with Crippen molar-refractivity contribution < 1.29 is 9.53 Å². The van der Waals surface area contributed by atoms with Crippen molar-refractivity contribution in [1.82, 2.24) is 5.73 Å². The fourth-order valence-corrected chi connectivity index (χ4v) is 0.159. The van der Waals surface area contributed by atoms with E-state index in [1.54, 1.807) is 13.3 Å². The Morgan fingerprint density at radius 2 is 2.57 bits per heavy atom. The van der Waals surface area contributed by atoms with Gasteiger partial charge in [0.1, 0.15) is 0 Å². The van der Waals surface area contributed by atoms with Gasteiger partial charge in [-0.25, -0.2) is 10.5 Å². The fraction of sp³-hybridized carbons (Fsp3) is 0.500. The molecule has 0 rings (SSSR count). The third-order valence-corrected chi connectivity index (χ3v) is 0.381. The molecule has 0 aromatic carbocycles. The monoisotopic (exact) mass is 101 g/mol. The van der Waals surface area contributed by atoms with E-state index in [1.165, 1.54) is 0 Å². The molecule has 0 atom stereocenters. The van der Waals surface area contributed by atoms with E-state index in [0.29, 0.717) is 0 Å². The molecule has 3 heteroatoms. The molecule has 2 radical (unpaired) electrons. The van der Waals surface area contributed by atoms with E-state index in [4.69, 9.17) is 5.73 Å². The summed E-state index contributed by atoms with van der Waals surface area (Å²) in [6.07, 6.45) is 0.685. The topological polar surface area (TPSA) is 50.1 Å². The molecule has 0 aliphatic heterocycles. The zero-order valence-electron chi connectivity index (χ0n) is 4.10. The van der Waals surface area contributed by atoms with Crippen molar-refractivity contribution in [2.75, 3.05) is 6.61 Å². The number of carbonyl (C=O) groups excluding carboxylic acids is 1. The number of hydrogen-bond donors (Lipinski definition) is 0. The van der Waals surface area contributed by atoms with Crippen LogP contribution in [0.15, 0.2) is 0 Å². The average molecular weight is 101 g/mol. The molecule has 0 aliphatic rings. The zero-order chi connectivity index (χ0) is 5.70. The van der Waals surface area contributed by atoms with Crippen LogP contribution in [0.1, 0.15) is 6.92 Å². The number of nitrogens with one attached hydrogen (secondary N) is 1. The smallest absolute Gasteiger partial charge is 0.426 e. The minimum Gasteiger partial charge on any atom is -0.448 e. The van der Waals surface area contributed by atoms with Crippen molar-refractivity contribution in [1.29, 1.82) is 0 Å². The molecular formula is C4H7NO2. The zero-order valence-corrected chi connectivity index (χ0v) is 4.10. The summed E-state index contributed by atoms with van der Waals surface area (Å²) in [5.41, 5.74) is 6.20. The Labute approximate surface area is 42.4 Å². The van der Waals surface area contributed by atoms with Crippen LogP contribution in [0, 0.1) is 6.42 Å². The van der Waals surface area contributed by atoms with Gasteiger partial charge in [-0.3, -0.25) is 0 Å². The highest BCUT2D eigenvalue weighted by Crippen LogP contribution is 1.76. The van der Waals surface area contributed by atoms with Crippen LogP contribution in [-0.2, 0) is 4.74 Å². The van der Waals surface area contributed by atoms with Gasteiger partial charge in [-0.15, -0.1) is 0 Å². The normalized spacial score (nSPS) is 8.14. The molecule has 0 bridgehead atoms. The number of ether oxygens (including phenoxy) is 1. The average Bonchev–Trinajstić information content (AvgIpc) is 1.61. The maximum absolute atomic E-state index is 9.63. The Balaban J connectivity index is 2.82. The first-order chi connectivity index (χ1) is 3.27. The molecule has 0 unspecified atom stereocenters. The lowest BCUT2D eigenvalue weighted by Crippen LogP contribution is -2.02. The van der Waals surface area contributed by atoms with Gasteiger partial charge in [0.05, 0.1) is 6.61 Å². The Morgan fingerprint density at radius 3 is 2.71 bits per heavy atom. The van der Waals surface area contributed by atoms with Gasteiger partial charge in [-0.1, -0.05) is 6.92 Å². The highest BCUT2D eigenvalue weighted by molar-refractivity contribution is 5.63. The number of carbonyl (C=O) groups is 1. The molecule has 0 aromatic rings. The maximum Gasteiger partial charge on any atom is 0.426 e. The highest BCUT2D eigenvalue weighted by atomic mass is 16.5. The summed E-state index contributed by atoms with van der Waals surface area (Å²) in [5.74, 6) is 0. The Hall–Kier alpha value is -0.730. The molecule has 0 saturated heterocycles. The summed E-state index contributed by atoms with van der Waals surface area (Å²) >= 11 is 0. The van der Waals surface area contributed by atoms with Gasteiger partial charge in [0.25, 0.3) is 0 Å². The maximum atomic E-state index is 9.63. The molecule has 3 nitrogen and oxygen atoms in total. The van der Waals surface area contributed by atoms with Crippen molar-refractivity contribution in [2.45, 2.75) is 6.92 Å². The first kappa shape index (κ1) is 6.27. The SMILES string of the molecule is C[CH]COC([NH])=O. The minimum absolute atomic E-state index is 0.238. The van der Waals surface area contributed by atoms with Crippen LogP contribution in [0.2, 0.25) is 0 Å². The predicted molar refractivity (Wildman–Crippen MR) is 24.4 cm³/mol. The molecule has 0 aromatic heterocycles. The van der Waals surface area contributed by atoms with E-state index >= 15 is 0 Å². The second-order valence-electron chi connectivity index (χ2n) is 1.01. The summed E-state index contributed by atoms with van der Waals surface area (Å²) in [5, 5.41) is 0. The highest BCUT2D eigenvalue weighted by Gasteiger charge is 1.88. The lowest BCUT2D eigenvalue weighted by Gasteiger charge is -1.91. The van der Waals surface area contributed by atoms with E-state index in [0.717, 1.165) is 0 Å². The van der Waals surface area contributed by atoms with Crippen LogP contribution in [-0.4, -0.2) is 12.7 Å². The van der Waals surface area contributed by atoms with Crippen molar-refractivity contribution in [3.63, 3.8) is 0 Å². The molecule has 40 valence electrons. The lowest BCUT2D eigenvalue weighted by atomic mass is 10.5. The van der Waals surface area contributed by atoms with E-state index in [9.17, 15) is 4.79 Å². The summed E-state index contributed by atoms with van der Waals surface area (Å²) in [6.45, 7) is 1.99. The molecule has 1 N–H and O–H groups in total. The predicted octanol–water partition coefficient (Wildman–Crippen LogP) is 0.630. The fourth-order valence-electron chi connectivity index (χ4n) is 0.159. The summed E-state index contributed by atoms with van der Waals surface area (Å²) in [6, 6.07) is 0. The number of hydrogen-bond acceptors (Lipinski definition) is 2. The van der Waals surface area contributed by atoms with Gasteiger partial charge in [0.15, 0.2) is 0 Å². The van der Waals surface area contributed by atoms with Gasteiger partial charge in [-0.05, 0) is 6.42 Å². The van der Waals surface area contributed by atoms with Crippen molar-refractivity contribution in [3.05, 3.63) is 6.42 Å². The molecule has 1 amide bonds. The largest absolute Gasteiger partial charge is 0.448 e. The van der Waals surface area contributed by atoms with Gasteiger partial charge in [0.2, 0.25) is 0 Å². The van der Waals surface area contributed by atoms with Crippen LogP contribution in [0.3, 0.4) is 0 Å².